The lowest BCUT2D eigenvalue weighted by molar-refractivity contribution is -0.142. The molecule has 18 heteroatoms. The quantitative estimate of drug-likeness (QED) is 0.0537. The zero-order valence-electron chi connectivity index (χ0n) is 29.9. The number of aromatic hydroxyl groups is 3. The summed E-state index contributed by atoms with van der Waals surface area (Å²) in [6, 6.07) is 7.71. The van der Waals surface area contributed by atoms with Gasteiger partial charge < -0.3 is 63.0 Å². The number of terminal acetylenes is 1. The number of amides is 5. The van der Waals surface area contributed by atoms with Crippen LogP contribution in [0, 0.1) is 12.3 Å². The Morgan fingerprint density at radius 2 is 0.804 bits per heavy atom. The Kier molecular flexibility index (Phi) is 16.6. The van der Waals surface area contributed by atoms with Gasteiger partial charge in [-0.3, -0.25) is 24.0 Å². The van der Waals surface area contributed by atoms with Crippen LogP contribution in [0.1, 0.15) is 23.1 Å². The number of aliphatic carboxylic acids is 1. The first kappa shape index (κ1) is 43.7. The van der Waals surface area contributed by atoms with E-state index in [0.29, 0.717) is 16.7 Å². The third kappa shape index (κ3) is 13.6. The Bertz CT molecular complexity index is 1870. The maximum atomic E-state index is 13.9. The van der Waals surface area contributed by atoms with Crippen molar-refractivity contribution in [1.29, 1.82) is 0 Å². The molecule has 0 aliphatic heterocycles. The van der Waals surface area contributed by atoms with Crippen molar-refractivity contribution in [3.05, 3.63) is 89.5 Å². The lowest BCUT2D eigenvalue weighted by Crippen LogP contribution is -2.61. The number of rotatable bonds is 20. The predicted molar refractivity (Wildman–Crippen MR) is 198 cm³/mol. The van der Waals surface area contributed by atoms with E-state index in [9.17, 15) is 59.4 Å². The molecule has 3 aromatic rings. The molecular formula is C38H44N6O12. The first-order chi connectivity index (χ1) is 26.6. The molecule has 0 aliphatic carbocycles. The van der Waals surface area contributed by atoms with Gasteiger partial charge in [0.1, 0.15) is 47.5 Å². The van der Waals surface area contributed by atoms with Crippen LogP contribution in [0.4, 0.5) is 0 Å². The Morgan fingerprint density at radius 3 is 1.12 bits per heavy atom. The molecule has 0 saturated carbocycles. The summed E-state index contributed by atoms with van der Waals surface area (Å²) in [5.74, 6) is -4.36. The highest BCUT2D eigenvalue weighted by Crippen LogP contribution is 2.15. The van der Waals surface area contributed by atoms with Crippen LogP contribution in [0.2, 0.25) is 0 Å². The summed E-state index contributed by atoms with van der Waals surface area (Å²) in [4.78, 5) is 78.6. The maximum absolute atomic E-state index is 13.9. The van der Waals surface area contributed by atoms with Gasteiger partial charge in [-0.2, -0.15) is 0 Å². The first-order valence-corrected chi connectivity index (χ1v) is 17.1. The summed E-state index contributed by atoms with van der Waals surface area (Å²) in [5.41, 5.74) is 7.00. The van der Waals surface area contributed by atoms with E-state index >= 15 is 0 Å². The third-order valence-electron chi connectivity index (χ3n) is 8.31. The van der Waals surface area contributed by atoms with Crippen LogP contribution >= 0.6 is 0 Å². The number of hydrogen-bond donors (Lipinski definition) is 12. The van der Waals surface area contributed by atoms with Gasteiger partial charge in [0.15, 0.2) is 0 Å². The molecule has 3 aromatic carbocycles. The Balaban J connectivity index is 1.87. The van der Waals surface area contributed by atoms with Gasteiger partial charge in [-0.1, -0.05) is 36.4 Å². The number of hydrogen-bond acceptors (Lipinski definition) is 12. The number of aliphatic hydroxyl groups is 2. The van der Waals surface area contributed by atoms with Crippen molar-refractivity contribution in [2.75, 3.05) is 13.2 Å². The summed E-state index contributed by atoms with van der Waals surface area (Å²) in [7, 11) is 0. The highest BCUT2D eigenvalue weighted by atomic mass is 16.4. The molecule has 0 heterocycles. The number of carbonyl (C=O) groups is 6. The van der Waals surface area contributed by atoms with E-state index in [0.717, 1.165) is 0 Å². The van der Waals surface area contributed by atoms with E-state index in [4.69, 9.17) is 12.2 Å². The fourth-order valence-electron chi connectivity index (χ4n) is 5.20. The maximum Gasteiger partial charge on any atom is 0.326 e. The molecule has 0 unspecified atom stereocenters. The van der Waals surface area contributed by atoms with Crippen molar-refractivity contribution in [1.82, 2.24) is 26.6 Å². The molecule has 298 valence electrons. The fraction of sp³-hybridized carbons (Fsp3) is 0.316. The molecule has 0 aliphatic rings. The number of nitrogens with one attached hydrogen (secondary N) is 5. The van der Waals surface area contributed by atoms with Gasteiger partial charge in [-0.05, 0) is 53.1 Å². The van der Waals surface area contributed by atoms with E-state index in [2.05, 4.69) is 32.5 Å². The van der Waals surface area contributed by atoms with Crippen LogP contribution in [0.15, 0.2) is 72.8 Å². The lowest BCUT2D eigenvalue weighted by Gasteiger charge is -2.27. The minimum atomic E-state index is -1.70. The number of carboxylic acid groups (broad SMARTS) is 1. The minimum Gasteiger partial charge on any atom is -0.508 e. The number of benzene rings is 3. The third-order valence-corrected chi connectivity index (χ3v) is 8.31. The van der Waals surface area contributed by atoms with Crippen LogP contribution < -0.4 is 32.3 Å². The van der Waals surface area contributed by atoms with Gasteiger partial charge in [-0.25, -0.2) is 4.79 Å². The highest BCUT2D eigenvalue weighted by Gasteiger charge is 2.33. The molecule has 0 fully saturated rings. The fourth-order valence-corrected chi connectivity index (χ4v) is 5.20. The molecule has 0 radical (unpaired) electrons. The van der Waals surface area contributed by atoms with Gasteiger partial charge >= 0.3 is 5.97 Å². The van der Waals surface area contributed by atoms with Crippen LogP contribution in [0.25, 0.3) is 0 Å². The van der Waals surface area contributed by atoms with E-state index in [1.807, 2.05) is 0 Å². The van der Waals surface area contributed by atoms with Gasteiger partial charge in [-0.15, -0.1) is 12.3 Å². The molecule has 0 bridgehead atoms. The summed E-state index contributed by atoms with van der Waals surface area (Å²) >= 11 is 0. The van der Waals surface area contributed by atoms with Crippen molar-refractivity contribution in [2.45, 2.75) is 61.9 Å². The van der Waals surface area contributed by atoms with Crippen LogP contribution in [0.5, 0.6) is 17.2 Å². The van der Waals surface area contributed by atoms with Crippen molar-refractivity contribution >= 4 is 35.5 Å². The minimum absolute atomic E-state index is 0.0595. The van der Waals surface area contributed by atoms with Crippen LogP contribution in [0.3, 0.4) is 0 Å². The molecular weight excluding hydrogens is 732 g/mol. The Labute approximate surface area is 321 Å². The summed E-state index contributed by atoms with van der Waals surface area (Å²) in [6.45, 7) is -1.89. The number of nitrogens with two attached hydrogens (primary N) is 1. The van der Waals surface area contributed by atoms with E-state index in [-0.39, 0.29) is 42.9 Å². The van der Waals surface area contributed by atoms with Gasteiger partial charge in [0, 0.05) is 25.7 Å². The summed E-state index contributed by atoms with van der Waals surface area (Å²) in [6.07, 6.45) is 4.34. The second-order valence-electron chi connectivity index (χ2n) is 12.6. The van der Waals surface area contributed by atoms with Gasteiger partial charge in [0.25, 0.3) is 0 Å². The molecule has 13 N–H and O–H groups in total. The zero-order valence-corrected chi connectivity index (χ0v) is 29.9. The number of carbonyl (C=O) groups excluding carboxylic acids is 5. The topological polar surface area (TPSA) is 310 Å². The molecule has 0 saturated heterocycles. The molecule has 0 spiro atoms. The number of phenolic OH excluding ortho intramolecular Hbond substituents is 3. The summed E-state index contributed by atoms with van der Waals surface area (Å²) < 4.78 is 0. The predicted octanol–water partition coefficient (Wildman–Crippen LogP) is -2.32. The largest absolute Gasteiger partial charge is 0.508 e. The molecule has 0 aromatic heterocycles. The van der Waals surface area contributed by atoms with Crippen molar-refractivity contribution in [3.63, 3.8) is 0 Å². The standard InChI is InChI=1S/C38H44N6O12/c1-2-3-27(39)33(50)43-31(19-45)36(53)41-28(16-21-4-10-24(47)11-5-21)34(51)40-29(17-22-6-12-25(48)13-7-22)35(52)44-32(20-46)37(54)42-30(38(55)56)18-23-8-14-26(49)15-9-23/h1,4-15,27-32,45-49H,3,16-20,39H2,(H,40,51)(H,41,53)(H,42,54)(H,43,50)(H,44,52)(H,55,56)/t27-,28-,29-,30-,31-,32-/m0/s1. The van der Waals surface area contributed by atoms with E-state index < -0.39 is 85.0 Å². The Morgan fingerprint density at radius 1 is 0.518 bits per heavy atom. The van der Waals surface area contributed by atoms with Gasteiger partial charge in [0.05, 0.1) is 19.3 Å². The molecule has 18 nitrogen and oxygen atoms in total. The SMILES string of the molecule is C#CC[C@H](N)C(=O)N[C@@H](CO)C(=O)N[C@@H](Cc1ccc(O)cc1)C(=O)N[C@@H](Cc1ccc(O)cc1)C(=O)N[C@@H](CO)C(=O)N[C@@H](Cc1ccc(O)cc1)C(=O)O. The lowest BCUT2D eigenvalue weighted by atomic mass is 10.0. The highest BCUT2D eigenvalue weighted by molar-refractivity contribution is 5.96. The normalized spacial score (nSPS) is 14.0. The zero-order chi connectivity index (χ0) is 41.4. The second kappa shape index (κ2) is 21.3. The van der Waals surface area contributed by atoms with Crippen LogP contribution in [-0.4, -0.2) is 116 Å². The molecule has 56 heavy (non-hydrogen) atoms. The number of phenols is 3. The van der Waals surface area contributed by atoms with E-state index in [1.54, 1.807) is 0 Å². The second-order valence-corrected chi connectivity index (χ2v) is 12.6. The average molecular weight is 777 g/mol. The number of carboxylic acids is 1. The molecule has 5 amide bonds. The number of aliphatic hydroxyl groups excluding tert-OH is 2. The smallest absolute Gasteiger partial charge is 0.326 e. The van der Waals surface area contributed by atoms with Crippen molar-refractivity contribution in [2.24, 2.45) is 5.73 Å². The molecule has 3 rings (SSSR count). The monoisotopic (exact) mass is 776 g/mol. The first-order valence-electron chi connectivity index (χ1n) is 17.1. The molecule has 6 atom stereocenters. The Hall–Kier alpha value is -6.68. The summed E-state index contributed by atoms with van der Waals surface area (Å²) in [5, 5.41) is 70.6. The van der Waals surface area contributed by atoms with Crippen molar-refractivity contribution in [3.8, 4) is 29.6 Å². The van der Waals surface area contributed by atoms with Crippen molar-refractivity contribution < 1.29 is 59.4 Å². The van der Waals surface area contributed by atoms with E-state index in [1.165, 1.54) is 72.8 Å². The van der Waals surface area contributed by atoms with Crippen LogP contribution in [-0.2, 0) is 48.0 Å². The average Bonchev–Trinajstić information content (AvgIpc) is 3.17. The van der Waals surface area contributed by atoms with Gasteiger partial charge in [0.2, 0.25) is 29.5 Å².